The Labute approximate surface area is 98.3 Å². The molecule has 4 heteroatoms. The molecule has 0 saturated carbocycles. The number of nitrogens with one attached hydrogen (secondary N) is 1. The molecule has 0 aliphatic carbocycles. The van der Waals surface area contributed by atoms with Gasteiger partial charge in [-0.15, -0.1) is 0 Å². The maximum atomic E-state index is 12.3. The summed E-state index contributed by atoms with van der Waals surface area (Å²) >= 11 is 0. The van der Waals surface area contributed by atoms with E-state index in [1.165, 1.54) is 0 Å². The number of ether oxygens (including phenoxy) is 1. The van der Waals surface area contributed by atoms with Crippen LogP contribution >= 0.6 is 0 Å². The molecule has 1 fully saturated rings. The van der Waals surface area contributed by atoms with Crippen molar-refractivity contribution in [2.75, 3.05) is 27.2 Å². The number of carbonyl (C=O) groups is 1. The van der Waals surface area contributed by atoms with Gasteiger partial charge < -0.3 is 15.0 Å². The number of hydrogen-bond acceptors (Lipinski definition) is 3. The fourth-order valence-corrected chi connectivity index (χ4v) is 2.11. The van der Waals surface area contributed by atoms with Gasteiger partial charge in [-0.1, -0.05) is 6.92 Å². The minimum absolute atomic E-state index is 0.123. The lowest BCUT2D eigenvalue weighted by molar-refractivity contribution is -0.154. The molecule has 1 N–H and O–H groups in total. The SMILES string of the molecule is CCC(C)(OC)C(=O)N1CCCC(NC)C1. The first-order valence-corrected chi connectivity index (χ1v) is 6.09. The molecule has 1 heterocycles. The lowest BCUT2D eigenvalue weighted by Gasteiger charge is -2.38. The predicted octanol–water partition coefficient (Wildman–Crippen LogP) is 1.01. The fourth-order valence-electron chi connectivity index (χ4n) is 2.11. The third-order valence-corrected chi connectivity index (χ3v) is 3.69. The zero-order valence-electron chi connectivity index (χ0n) is 10.9. The summed E-state index contributed by atoms with van der Waals surface area (Å²) in [5, 5.41) is 3.24. The Morgan fingerprint density at radius 2 is 2.31 bits per heavy atom. The summed E-state index contributed by atoms with van der Waals surface area (Å²) in [4.78, 5) is 14.2. The van der Waals surface area contributed by atoms with Crippen LogP contribution in [0.1, 0.15) is 33.1 Å². The third kappa shape index (κ3) is 2.74. The molecule has 0 radical (unpaired) electrons. The van der Waals surface area contributed by atoms with E-state index >= 15 is 0 Å². The standard InChI is InChI=1S/C12H24N2O2/c1-5-12(2,16-4)11(15)14-8-6-7-10(9-14)13-3/h10,13H,5-9H2,1-4H3. The lowest BCUT2D eigenvalue weighted by Crippen LogP contribution is -2.54. The topological polar surface area (TPSA) is 41.6 Å². The summed E-state index contributed by atoms with van der Waals surface area (Å²) in [7, 11) is 3.56. The van der Waals surface area contributed by atoms with Crippen LogP contribution in [0, 0.1) is 0 Å². The molecule has 1 amide bonds. The summed E-state index contributed by atoms with van der Waals surface area (Å²) in [6, 6.07) is 0.427. The first kappa shape index (κ1) is 13.5. The summed E-state index contributed by atoms with van der Waals surface area (Å²) in [5.74, 6) is 0.123. The molecule has 0 aromatic carbocycles. The molecule has 2 unspecified atom stereocenters. The average Bonchev–Trinajstić information content (AvgIpc) is 2.37. The molecule has 2 atom stereocenters. The van der Waals surface area contributed by atoms with E-state index in [2.05, 4.69) is 5.32 Å². The highest BCUT2D eigenvalue weighted by Gasteiger charge is 2.36. The average molecular weight is 228 g/mol. The minimum Gasteiger partial charge on any atom is -0.369 e. The van der Waals surface area contributed by atoms with Gasteiger partial charge in [-0.2, -0.15) is 0 Å². The van der Waals surface area contributed by atoms with Crippen LogP contribution in [0.2, 0.25) is 0 Å². The van der Waals surface area contributed by atoms with Crippen molar-refractivity contribution >= 4 is 5.91 Å². The normalized spacial score (nSPS) is 25.2. The number of likely N-dealkylation sites (tertiary alicyclic amines) is 1. The maximum absolute atomic E-state index is 12.3. The molecule has 94 valence electrons. The molecule has 0 spiro atoms. The van der Waals surface area contributed by atoms with Crippen molar-refractivity contribution in [3.63, 3.8) is 0 Å². The van der Waals surface area contributed by atoms with Crippen LogP contribution in [-0.4, -0.2) is 49.7 Å². The van der Waals surface area contributed by atoms with Gasteiger partial charge in [-0.25, -0.2) is 0 Å². The van der Waals surface area contributed by atoms with Gasteiger partial charge in [-0.3, -0.25) is 4.79 Å². The molecule has 0 aromatic heterocycles. The van der Waals surface area contributed by atoms with Gasteiger partial charge in [0.25, 0.3) is 5.91 Å². The number of nitrogens with zero attached hydrogens (tertiary/aromatic N) is 1. The van der Waals surface area contributed by atoms with E-state index in [1.807, 2.05) is 25.8 Å². The van der Waals surface area contributed by atoms with Crippen molar-refractivity contribution < 1.29 is 9.53 Å². The first-order valence-electron chi connectivity index (χ1n) is 6.09. The Kier molecular flexibility index (Phi) is 4.74. The van der Waals surface area contributed by atoms with Gasteiger partial charge in [-0.05, 0) is 33.2 Å². The molecule has 1 aliphatic heterocycles. The van der Waals surface area contributed by atoms with Crippen LogP contribution in [0.5, 0.6) is 0 Å². The quantitative estimate of drug-likeness (QED) is 0.781. The second-order valence-corrected chi connectivity index (χ2v) is 4.67. The van der Waals surface area contributed by atoms with E-state index in [4.69, 9.17) is 4.74 Å². The van der Waals surface area contributed by atoms with E-state index in [-0.39, 0.29) is 5.91 Å². The third-order valence-electron chi connectivity index (χ3n) is 3.69. The minimum atomic E-state index is -0.657. The van der Waals surface area contributed by atoms with Gasteiger partial charge in [0.2, 0.25) is 0 Å². The molecule has 4 nitrogen and oxygen atoms in total. The van der Waals surface area contributed by atoms with Gasteiger partial charge in [0.1, 0.15) is 5.60 Å². The number of hydrogen-bond donors (Lipinski definition) is 1. The summed E-state index contributed by atoms with van der Waals surface area (Å²) in [6.07, 6.45) is 2.93. The van der Waals surface area contributed by atoms with Crippen molar-refractivity contribution in [2.45, 2.75) is 44.8 Å². The van der Waals surface area contributed by atoms with Gasteiger partial charge in [0.15, 0.2) is 0 Å². The van der Waals surface area contributed by atoms with Crippen LogP contribution in [-0.2, 0) is 9.53 Å². The summed E-state index contributed by atoms with van der Waals surface area (Å²) in [6.45, 7) is 5.52. The molecule has 0 bridgehead atoms. The monoisotopic (exact) mass is 228 g/mol. The molecule has 1 rings (SSSR count). The first-order chi connectivity index (χ1) is 7.57. The number of piperidine rings is 1. The zero-order chi connectivity index (χ0) is 12.2. The van der Waals surface area contributed by atoms with Gasteiger partial charge in [0, 0.05) is 26.2 Å². The molecular formula is C12H24N2O2. The predicted molar refractivity (Wildman–Crippen MR) is 64.4 cm³/mol. The van der Waals surface area contributed by atoms with Crippen molar-refractivity contribution in [3.8, 4) is 0 Å². The maximum Gasteiger partial charge on any atom is 0.254 e. The summed E-state index contributed by atoms with van der Waals surface area (Å²) in [5.41, 5.74) is -0.657. The Morgan fingerprint density at radius 3 is 2.81 bits per heavy atom. The van der Waals surface area contributed by atoms with E-state index in [9.17, 15) is 4.79 Å². The van der Waals surface area contributed by atoms with Crippen molar-refractivity contribution in [1.82, 2.24) is 10.2 Å². The summed E-state index contributed by atoms with van der Waals surface area (Å²) < 4.78 is 5.36. The van der Waals surface area contributed by atoms with E-state index in [0.29, 0.717) is 12.5 Å². The van der Waals surface area contributed by atoms with Crippen LogP contribution in [0.4, 0.5) is 0 Å². The van der Waals surface area contributed by atoms with Gasteiger partial charge >= 0.3 is 0 Å². The number of rotatable bonds is 4. The smallest absolute Gasteiger partial charge is 0.254 e. The van der Waals surface area contributed by atoms with Crippen LogP contribution in [0.3, 0.4) is 0 Å². The lowest BCUT2D eigenvalue weighted by atomic mass is 9.98. The van der Waals surface area contributed by atoms with Gasteiger partial charge in [0.05, 0.1) is 0 Å². The van der Waals surface area contributed by atoms with Crippen molar-refractivity contribution in [1.29, 1.82) is 0 Å². The van der Waals surface area contributed by atoms with E-state index < -0.39 is 5.60 Å². The van der Waals surface area contributed by atoms with Crippen molar-refractivity contribution in [3.05, 3.63) is 0 Å². The second kappa shape index (κ2) is 5.64. The highest BCUT2D eigenvalue weighted by Crippen LogP contribution is 2.20. The van der Waals surface area contributed by atoms with Crippen LogP contribution < -0.4 is 5.32 Å². The Morgan fingerprint density at radius 1 is 1.62 bits per heavy atom. The number of amides is 1. The highest BCUT2D eigenvalue weighted by molar-refractivity contribution is 5.85. The fraction of sp³-hybridized carbons (Fsp3) is 0.917. The molecular weight excluding hydrogens is 204 g/mol. The second-order valence-electron chi connectivity index (χ2n) is 4.67. The van der Waals surface area contributed by atoms with Crippen molar-refractivity contribution in [2.24, 2.45) is 0 Å². The zero-order valence-corrected chi connectivity index (χ0v) is 10.9. The number of carbonyl (C=O) groups excluding carboxylic acids is 1. The molecule has 0 aromatic rings. The highest BCUT2D eigenvalue weighted by atomic mass is 16.5. The van der Waals surface area contributed by atoms with E-state index in [0.717, 1.165) is 25.9 Å². The number of methoxy groups -OCH3 is 1. The number of likely N-dealkylation sites (N-methyl/N-ethyl adjacent to an activating group) is 1. The van der Waals surface area contributed by atoms with Crippen LogP contribution in [0.15, 0.2) is 0 Å². The Hall–Kier alpha value is -0.610. The van der Waals surface area contributed by atoms with Crippen LogP contribution in [0.25, 0.3) is 0 Å². The largest absolute Gasteiger partial charge is 0.369 e. The Bertz CT molecular complexity index is 239. The van der Waals surface area contributed by atoms with E-state index in [1.54, 1.807) is 7.11 Å². The molecule has 16 heavy (non-hydrogen) atoms. The molecule has 1 saturated heterocycles. The molecule has 1 aliphatic rings. The Balaban J connectivity index is 2.65.